The number of hydrogen-bond donors (Lipinski definition) is 2. The minimum absolute atomic E-state index is 0.0485. The van der Waals surface area contributed by atoms with Gasteiger partial charge < -0.3 is 4.57 Å². The highest BCUT2D eigenvalue weighted by Crippen LogP contribution is 2.18. The van der Waals surface area contributed by atoms with Crippen LogP contribution in [0.25, 0.3) is 0 Å². The predicted octanol–water partition coefficient (Wildman–Crippen LogP) is 1.78. The molecule has 1 aromatic carbocycles. The van der Waals surface area contributed by atoms with Crippen LogP contribution in [0.1, 0.15) is 28.4 Å². The average Bonchev–Trinajstić information content (AvgIpc) is 2.71. The van der Waals surface area contributed by atoms with E-state index in [1.54, 1.807) is 6.33 Å². The Balaban J connectivity index is 2.20. The first kappa shape index (κ1) is 12.8. The van der Waals surface area contributed by atoms with Crippen molar-refractivity contribution in [2.45, 2.75) is 26.3 Å². The van der Waals surface area contributed by atoms with Crippen LogP contribution in [0, 0.1) is 13.8 Å². The third-order valence-corrected chi connectivity index (χ3v) is 3.00. The Hall–Kier alpha value is -1.65. The van der Waals surface area contributed by atoms with Crippen molar-refractivity contribution in [2.24, 2.45) is 12.9 Å². The molecule has 2 aromatic rings. The summed E-state index contributed by atoms with van der Waals surface area (Å²) in [6, 6.07) is 6.61. The number of nitrogens with two attached hydrogens (primary N) is 1. The van der Waals surface area contributed by atoms with E-state index in [-0.39, 0.29) is 6.04 Å². The summed E-state index contributed by atoms with van der Waals surface area (Å²) in [5.41, 5.74) is 7.65. The third kappa shape index (κ3) is 2.97. The van der Waals surface area contributed by atoms with E-state index in [0.29, 0.717) is 0 Å². The number of aryl methyl sites for hydroxylation is 3. The molecule has 0 radical (unpaired) electrons. The van der Waals surface area contributed by atoms with E-state index < -0.39 is 0 Å². The molecule has 0 saturated carbocycles. The standard InChI is InChI=1S/C14H20N4/c1-10-4-11(2)6-12(5-10)7-13(17-15)14-8-18(3)9-16-14/h4-6,8-9,13,17H,7,15H2,1-3H3. The fourth-order valence-corrected chi connectivity index (χ4v) is 2.28. The molecule has 0 saturated heterocycles. The van der Waals surface area contributed by atoms with Crippen molar-refractivity contribution in [1.29, 1.82) is 0 Å². The van der Waals surface area contributed by atoms with Crippen molar-refractivity contribution in [3.8, 4) is 0 Å². The third-order valence-electron chi connectivity index (χ3n) is 3.00. The quantitative estimate of drug-likeness (QED) is 0.637. The molecule has 0 bridgehead atoms. The number of rotatable bonds is 4. The van der Waals surface area contributed by atoms with Gasteiger partial charge in [0.05, 0.1) is 18.1 Å². The zero-order valence-corrected chi connectivity index (χ0v) is 11.1. The van der Waals surface area contributed by atoms with Gasteiger partial charge in [0.25, 0.3) is 0 Å². The fourth-order valence-electron chi connectivity index (χ4n) is 2.28. The van der Waals surface area contributed by atoms with Gasteiger partial charge in [-0.05, 0) is 25.8 Å². The summed E-state index contributed by atoms with van der Waals surface area (Å²) in [6.45, 7) is 4.23. The zero-order valence-electron chi connectivity index (χ0n) is 11.1. The van der Waals surface area contributed by atoms with Crippen LogP contribution >= 0.6 is 0 Å². The lowest BCUT2D eigenvalue weighted by molar-refractivity contribution is 0.540. The average molecular weight is 244 g/mol. The number of imidazole rings is 1. The van der Waals surface area contributed by atoms with E-state index in [1.165, 1.54) is 16.7 Å². The lowest BCUT2D eigenvalue weighted by Crippen LogP contribution is -2.29. The first-order chi connectivity index (χ1) is 8.58. The van der Waals surface area contributed by atoms with Crippen molar-refractivity contribution < 1.29 is 0 Å². The van der Waals surface area contributed by atoms with Gasteiger partial charge in [-0.2, -0.15) is 0 Å². The Morgan fingerprint density at radius 3 is 2.44 bits per heavy atom. The smallest absolute Gasteiger partial charge is 0.0947 e. The van der Waals surface area contributed by atoms with Gasteiger partial charge in [0.1, 0.15) is 0 Å². The van der Waals surface area contributed by atoms with Crippen LogP contribution in [0.15, 0.2) is 30.7 Å². The second-order valence-corrected chi connectivity index (χ2v) is 4.88. The highest BCUT2D eigenvalue weighted by Gasteiger charge is 2.13. The van der Waals surface area contributed by atoms with Crippen LogP contribution in [0.2, 0.25) is 0 Å². The molecule has 4 heteroatoms. The Labute approximate surface area is 108 Å². The molecule has 0 aliphatic heterocycles. The van der Waals surface area contributed by atoms with Gasteiger partial charge in [0, 0.05) is 13.2 Å². The molecule has 96 valence electrons. The molecule has 0 aliphatic carbocycles. The maximum absolute atomic E-state index is 5.64. The number of aromatic nitrogens is 2. The molecule has 1 aromatic heterocycles. The first-order valence-electron chi connectivity index (χ1n) is 6.09. The van der Waals surface area contributed by atoms with Crippen LogP contribution in [-0.2, 0) is 13.5 Å². The summed E-state index contributed by atoms with van der Waals surface area (Å²) >= 11 is 0. The van der Waals surface area contributed by atoms with E-state index >= 15 is 0 Å². The number of hydrogen-bond acceptors (Lipinski definition) is 3. The first-order valence-corrected chi connectivity index (χ1v) is 6.09. The molecule has 0 aliphatic rings. The lowest BCUT2D eigenvalue weighted by Gasteiger charge is -2.14. The number of nitrogens with zero attached hydrogens (tertiary/aromatic N) is 2. The minimum atomic E-state index is 0.0485. The Morgan fingerprint density at radius 1 is 1.28 bits per heavy atom. The van der Waals surface area contributed by atoms with Gasteiger partial charge in [-0.25, -0.2) is 4.98 Å². The van der Waals surface area contributed by atoms with Gasteiger partial charge >= 0.3 is 0 Å². The Morgan fingerprint density at radius 2 is 1.94 bits per heavy atom. The molecule has 3 N–H and O–H groups in total. The van der Waals surface area contributed by atoms with Crippen LogP contribution in [-0.4, -0.2) is 9.55 Å². The molecule has 4 nitrogen and oxygen atoms in total. The monoisotopic (exact) mass is 244 g/mol. The Kier molecular flexibility index (Phi) is 3.79. The summed E-state index contributed by atoms with van der Waals surface area (Å²) in [5.74, 6) is 5.64. The van der Waals surface area contributed by atoms with Crippen molar-refractivity contribution in [3.05, 3.63) is 53.1 Å². The highest BCUT2D eigenvalue weighted by molar-refractivity contribution is 5.29. The molecule has 0 spiro atoms. The number of hydrazine groups is 1. The molecule has 1 unspecified atom stereocenters. The molecule has 18 heavy (non-hydrogen) atoms. The second-order valence-electron chi connectivity index (χ2n) is 4.88. The number of nitrogens with one attached hydrogen (secondary N) is 1. The number of benzene rings is 1. The summed E-state index contributed by atoms with van der Waals surface area (Å²) < 4.78 is 1.93. The SMILES string of the molecule is Cc1cc(C)cc(CC(NN)c2cn(C)cn2)c1. The Bertz CT molecular complexity index is 510. The van der Waals surface area contributed by atoms with E-state index in [1.807, 2.05) is 17.8 Å². The summed E-state index contributed by atoms with van der Waals surface area (Å²) in [4.78, 5) is 4.35. The van der Waals surface area contributed by atoms with E-state index in [9.17, 15) is 0 Å². The lowest BCUT2D eigenvalue weighted by atomic mass is 10.0. The predicted molar refractivity (Wildman–Crippen MR) is 72.9 cm³/mol. The summed E-state index contributed by atoms with van der Waals surface area (Å²) in [7, 11) is 1.96. The molecular formula is C14H20N4. The van der Waals surface area contributed by atoms with Gasteiger partial charge in [-0.1, -0.05) is 29.3 Å². The summed E-state index contributed by atoms with van der Waals surface area (Å²) in [5, 5.41) is 0. The molecule has 1 heterocycles. The largest absolute Gasteiger partial charge is 0.340 e. The van der Waals surface area contributed by atoms with E-state index in [4.69, 9.17) is 5.84 Å². The highest BCUT2D eigenvalue weighted by atomic mass is 15.2. The van der Waals surface area contributed by atoms with E-state index in [0.717, 1.165) is 12.1 Å². The summed E-state index contributed by atoms with van der Waals surface area (Å²) in [6.07, 6.45) is 4.63. The fraction of sp³-hybridized carbons (Fsp3) is 0.357. The van der Waals surface area contributed by atoms with Crippen LogP contribution in [0.4, 0.5) is 0 Å². The topological polar surface area (TPSA) is 55.9 Å². The zero-order chi connectivity index (χ0) is 13.1. The van der Waals surface area contributed by atoms with Gasteiger partial charge in [-0.15, -0.1) is 0 Å². The van der Waals surface area contributed by atoms with Crippen LogP contribution in [0.3, 0.4) is 0 Å². The second kappa shape index (κ2) is 5.33. The van der Waals surface area contributed by atoms with Crippen molar-refractivity contribution in [1.82, 2.24) is 15.0 Å². The van der Waals surface area contributed by atoms with Crippen molar-refractivity contribution >= 4 is 0 Å². The maximum Gasteiger partial charge on any atom is 0.0947 e. The maximum atomic E-state index is 5.64. The van der Waals surface area contributed by atoms with Crippen LogP contribution < -0.4 is 11.3 Å². The van der Waals surface area contributed by atoms with Crippen molar-refractivity contribution in [2.75, 3.05) is 0 Å². The van der Waals surface area contributed by atoms with Gasteiger partial charge in [0.15, 0.2) is 0 Å². The van der Waals surface area contributed by atoms with Gasteiger partial charge in [0.2, 0.25) is 0 Å². The molecule has 1 atom stereocenters. The van der Waals surface area contributed by atoms with E-state index in [2.05, 4.69) is 42.5 Å². The molecule has 2 rings (SSSR count). The molecule has 0 amide bonds. The van der Waals surface area contributed by atoms with Crippen molar-refractivity contribution in [3.63, 3.8) is 0 Å². The molecular weight excluding hydrogens is 224 g/mol. The normalized spacial score (nSPS) is 12.7. The molecule has 0 fully saturated rings. The minimum Gasteiger partial charge on any atom is -0.340 e. The van der Waals surface area contributed by atoms with Crippen LogP contribution in [0.5, 0.6) is 0 Å². The van der Waals surface area contributed by atoms with Gasteiger partial charge in [-0.3, -0.25) is 11.3 Å².